The number of sulfonamides is 1. The maximum Gasteiger partial charge on any atom is 0.211 e. The molecule has 0 aliphatic carbocycles. The molecule has 8 nitrogen and oxygen atoms in total. The Kier molecular flexibility index (Phi) is 6.36. The molecule has 36 heavy (non-hydrogen) atoms. The average molecular weight is 530 g/mol. The van der Waals surface area contributed by atoms with E-state index in [-0.39, 0.29) is 16.8 Å². The van der Waals surface area contributed by atoms with E-state index in [0.29, 0.717) is 43.1 Å². The van der Waals surface area contributed by atoms with Crippen LogP contribution in [0.4, 0.5) is 10.2 Å². The second-order valence-corrected chi connectivity index (χ2v) is 11.3. The summed E-state index contributed by atoms with van der Waals surface area (Å²) >= 11 is 5.84. The first-order valence-electron chi connectivity index (χ1n) is 11.4. The molecule has 1 aliphatic heterocycles. The SMILES string of the molecule is Cc1nn(-c2ccc(Cl)c(O)c2F)c2cnc(N3CCN(S(C)(=O)=O)C[C@H]3Cc3ccccc3)cc12. The molecule has 2 aromatic carbocycles. The number of halogens is 2. The van der Waals surface area contributed by atoms with Crippen LogP contribution < -0.4 is 4.90 Å². The molecule has 11 heteroatoms. The van der Waals surface area contributed by atoms with E-state index in [1.54, 1.807) is 6.20 Å². The van der Waals surface area contributed by atoms with Crippen molar-refractivity contribution in [1.82, 2.24) is 19.1 Å². The second kappa shape index (κ2) is 9.34. The zero-order chi connectivity index (χ0) is 25.6. The number of aryl methyl sites for hydroxylation is 1. The highest BCUT2D eigenvalue weighted by atomic mass is 35.5. The van der Waals surface area contributed by atoms with Crippen LogP contribution in [-0.2, 0) is 16.4 Å². The van der Waals surface area contributed by atoms with Crippen molar-refractivity contribution in [2.24, 2.45) is 0 Å². The molecule has 0 radical (unpaired) electrons. The number of nitrogens with zero attached hydrogens (tertiary/aromatic N) is 5. The van der Waals surface area contributed by atoms with Gasteiger partial charge in [-0.05, 0) is 37.1 Å². The third-order valence-electron chi connectivity index (χ3n) is 6.53. The monoisotopic (exact) mass is 529 g/mol. The summed E-state index contributed by atoms with van der Waals surface area (Å²) in [6.07, 6.45) is 3.51. The highest BCUT2D eigenvalue weighted by Gasteiger charge is 2.32. The Morgan fingerprint density at radius 1 is 1.17 bits per heavy atom. The van der Waals surface area contributed by atoms with Gasteiger partial charge in [0.15, 0.2) is 11.6 Å². The number of hydrogen-bond donors (Lipinski definition) is 1. The first-order valence-corrected chi connectivity index (χ1v) is 13.6. The van der Waals surface area contributed by atoms with Crippen molar-refractivity contribution in [2.45, 2.75) is 19.4 Å². The van der Waals surface area contributed by atoms with Crippen LogP contribution >= 0.6 is 11.6 Å². The van der Waals surface area contributed by atoms with E-state index < -0.39 is 21.6 Å². The van der Waals surface area contributed by atoms with E-state index in [0.717, 1.165) is 10.9 Å². The van der Waals surface area contributed by atoms with E-state index in [2.05, 4.69) is 15.0 Å². The van der Waals surface area contributed by atoms with Crippen LogP contribution in [0.25, 0.3) is 16.6 Å². The Bertz CT molecular complexity index is 1540. The Labute approximate surface area is 213 Å². The van der Waals surface area contributed by atoms with Gasteiger partial charge < -0.3 is 10.0 Å². The lowest BCUT2D eigenvalue weighted by Crippen LogP contribution is -2.55. The number of fused-ring (bicyclic) bond motifs is 1. The van der Waals surface area contributed by atoms with E-state index in [9.17, 15) is 17.9 Å². The van der Waals surface area contributed by atoms with Crippen molar-refractivity contribution in [2.75, 3.05) is 30.8 Å². The molecule has 5 rings (SSSR count). The summed E-state index contributed by atoms with van der Waals surface area (Å²) in [5.74, 6) is -0.804. The summed E-state index contributed by atoms with van der Waals surface area (Å²) in [6, 6.07) is 14.6. The smallest absolute Gasteiger partial charge is 0.211 e. The van der Waals surface area contributed by atoms with Gasteiger partial charge in [0.2, 0.25) is 10.0 Å². The molecule has 0 amide bonds. The molecular weight excluding hydrogens is 505 g/mol. The van der Waals surface area contributed by atoms with Gasteiger partial charge >= 0.3 is 0 Å². The van der Waals surface area contributed by atoms with Crippen molar-refractivity contribution in [1.29, 1.82) is 0 Å². The van der Waals surface area contributed by atoms with E-state index in [1.165, 1.54) is 27.4 Å². The number of piperazine rings is 1. The summed E-state index contributed by atoms with van der Waals surface area (Å²) in [4.78, 5) is 6.79. The molecule has 1 N–H and O–H groups in total. The molecule has 0 saturated carbocycles. The fourth-order valence-electron chi connectivity index (χ4n) is 4.68. The highest BCUT2D eigenvalue weighted by Crippen LogP contribution is 2.33. The van der Waals surface area contributed by atoms with Gasteiger partial charge in [-0.3, -0.25) is 0 Å². The molecular formula is C25H25ClFN5O3S. The number of phenols is 1. The Morgan fingerprint density at radius 3 is 2.64 bits per heavy atom. The summed E-state index contributed by atoms with van der Waals surface area (Å²) in [5, 5.41) is 15.1. The second-order valence-electron chi connectivity index (χ2n) is 8.94. The average Bonchev–Trinajstić information content (AvgIpc) is 3.18. The molecule has 1 fully saturated rings. The number of rotatable bonds is 5. The normalized spacial score (nSPS) is 17.1. The van der Waals surface area contributed by atoms with Crippen molar-refractivity contribution in [3.8, 4) is 11.4 Å². The number of aromatic nitrogens is 3. The Morgan fingerprint density at radius 2 is 1.92 bits per heavy atom. The van der Waals surface area contributed by atoms with Gasteiger partial charge in [0.05, 0.1) is 28.7 Å². The quantitative estimate of drug-likeness (QED) is 0.421. The van der Waals surface area contributed by atoms with Gasteiger partial charge in [0, 0.05) is 31.1 Å². The minimum atomic E-state index is -3.33. The van der Waals surface area contributed by atoms with Gasteiger partial charge in [-0.25, -0.2) is 22.5 Å². The number of pyridine rings is 1. The summed E-state index contributed by atoms with van der Waals surface area (Å²) in [7, 11) is -3.33. The number of hydrogen-bond acceptors (Lipinski definition) is 6. The molecule has 0 unspecified atom stereocenters. The first kappa shape index (κ1) is 24.5. The first-order chi connectivity index (χ1) is 17.1. The van der Waals surface area contributed by atoms with Gasteiger partial charge in [-0.2, -0.15) is 9.40 Å². The minimum absolute atomic E-state index is 0.0632. The molecule has 2 aromatic heterocycles. The molecule has 1 saturated heterocycles. The fourth-order valence-corrected chi connectivity index (χ4v) is 5.68. The van der Waals surface area contributed by atoms with E-state index in [4.69, 9.17) is 11.6 Å². The zero-order valence-corrected chi connectivity index (χ0v) is 21.3. The topological polar surface area (TPSA) is 91.6 Å². The van der Waals surface area contributed by atoms with Gasteiger partial charge in [0.1, 0.15) is 11.5 Å². The van der Waals surface area contributed by atoms with Crippen LogP contribution in [0.3, 0.4) is 0 Å². The molecule has 3 heterocycles. The standard InChI is InChI=1S/C25H25ClFN5O3S/c1-16-19-13-23(28-14-22(19)32(29-16)21-9-8-20(26)25(33)24(21)27)31-11-10-30(36(2,34)35)15-18(31)12-17-6-4-3-5-7-17/h3-9,13-14,18,33H,10-12,15H2,1-2H3/t18-/m1/s1. The van der Waals surface area contributed by atoms with E-state index >= 15 is 0 Å². The molecule has 0 spiro atoms. The van der Waals surface area contributed by atoms with Crippen molar-refractivity contribution >= 4 is 38.3 Å². The van der Waals surface area contributed by atoms with Crippen LogP contribution in [0.5, 0.6) is 5.75 Å². The highest BCUT2D eigenvalue weighted by molar-refractivity contribution is 7.88. The van der Waals surface area contributed by atoms with Crippen molar-refractivity contribution in [3.63, 3.8) is 0 Å². The lowest BCUT2D eigenvalue weighted by atomic mass is 10.0. The van der Waals surface area contributed by atoms with Crippen LogP contribution in [0.15, 0.2) is 54.7 Å². The third-order valence-corrected chi connectivity index (χ3v) is 8.11. The van der Waals surface area contributed by atoms with Crippen LogP contribution in [-0.4, -0.2) is 64.5 Å². The van der Waals surface area contributed by atoms with Gasteiger partial charge in [-0.1, -0.05) is 41.9 Å². The maximum atomic E-state index is 14.8. The summed E-state index contributed by atoms with van der Waals surface area (Å²) in [5.41, 5.74) is 2.40. The third kappa shape index (κ3) is 4.52. The number of anilines is 1. The summed E-state index contributed by atoms with van der Waals surface area (Å²) < 4.78 is 42.2. The zero-order valence-electron chi connectivity index (χ0n) is 19.8. The van der Waals surface area contributed by atoms with Crippen molar-refractivity contribution < 1.29 is 17.9 Å². The lowest BCUT2D eigenvalue weighted by Gasteiger charge is -2.41. The number of aromatic hydroxyl groups is 1. The largest absolute Gasteiger partial charge is 0.504 e. The molecule has 1 aliphatic rings. The molecule has 0 bridgehead atoms. The predicted octanol–water partition coefficient (Wildman–Crippen LogP) is 3.92. The van der Waals surface area contributed by atoms with Crippen LogP contribution in [0.1, 0.15) is 11.3 Å². The van der Waals surface area contributed by atoms with Crippen molar-refractivity contribution in [3.05, 3.63) is 76.8 Å². The van der Waals surface area contributed by atoms with Crippen LogP contribution in [0, 0.1) is 12.7 Å². The lowest BCUT2D eigenvalue weighted by molar-refractivity contribution is 0.331. The number of benzene rings is 2. The fraction of sp³-hybridized carbons (Fsp3) is 0.280. The molecule has 1 atom stereocenters. The maximum absolute atomic E-state index is 14.8. The minimum Gasteiger partial charge on any atom is -0.504 e. The predicted molar refractivity (Wildman–Crippen MR) is 138 cm³/mol. The Balaban J connectivity index is 1.54. The van der Waals surface area contributed by atoms with Crippen LogP contribution in [0.2, 0.25) is 5.02 Å². The summed E-state index contributed by atoms with van der Waals surface area (Å²) in [6.45, 7) is 3.01. The van der Waals surface area contributed by atoms with Gasteiger partial charge in [0.25, 0.3) is 0 Å². The van der Waals surface area contributed by atoms with E-state index in [1.807, 2.05) is 43.3 Å². The number of phenolic OH excluding ortho intramolecular Hbond substituents is 1. The Hall–Kier alpha value is -3.21. The van der Waals surface area contributed by atoms with Gasteiger partial charge in [-0.15, -0.1) is 0 Å². The molecule has 188 valence electrons. The molecule has 4 aromatic rings.